The third-order valence-electron chi connectivity index (χ3n) is 4.95. The first-order chi connectivity index (χ1) is 17.8. The third-order valence-corrected chi connectivity index (χ3v) is 5.44. The summed E-state index contributed by atoms with van der Waals surface area (Å²) >= 11 is 3.36. The van der Waals surface area contributed by atoms with Crippen molar-refractivity contribution in [1.29, 1.82) is 0 Å². The first-order valence-corrected chi connectivity index (χ1v) is 11.6. The van der Waals surface area contributed by atoms with Crippen LogP contribution < -0.4 is 29.7 Å². The Labute approximate surface area is 221 Å². The molecule has 0 saturated carbocycles. The quantitative estimate of drug-likeness (QED) is 0.165. The summed E-state index contributed by atoms with van der Waals surface area (Å²) in [5.41, 5.74) is 3.38. The van der Waals surface area contributed by atoms with Gasteiger partial charge in [-0.05, 0) is 60.7 Å². The molecule has 0 bridgehead atoms. The number of hydrogen-bond acceptors (Lipinski definition) is 8. The minimum atomic E-state index is -0.622. The fraction of sp³-hybridized carbons (Fsp3) is 0.154. The van der Waals surface area contributed by atoms with Crippen molar-refractivity contribution in [2.75, 3.05) is 27.9 Å². The van der Waals surface area contributed by atoms with E-state index < -0.39 is 17.8 Å². The number of methoxy groups -OCH3 is 3. The van der Waals surface area contributed by atoms with Gasteiger partial charge in [0.2, 0.25) is 0 Å². The zero-order chi connectivity index (χ0) is 26.8. The van der Waals surface area contributed by atoms with Gasteiger partial charge in [0.1, 0.15) is 11.5 Å². The highest BCUT2D eigenvalue weighted by Gasteiger charge is 2.15. The molecule has 0 fully saturated rings. The molecule has 37 heavy (non-hydrogen) atoms. The summed E-state index contributed by atoms with van der Waals surface area (Å²) < 4.78 is 21.7. The zero-order valence-electron chi connectivity index (χ0n) is 20.2. The van der Waals surface area contributed by atoms with Crippen molar-refractivity contribution >= 4 is 39.9 Å². The molecule has 0 aromatic heterocycles. The molecule has 192 valence electrons. The molecular formula is C26H24BrN3O7. The molecule has 0 saturated heterocycles. The second-order valence-electron chi connectivity index (χ2n) is 7.35. The molecule has 0 spiro atoms. The van der Waals surface area contributed by atoms with Crippen molar-refractivity contribution in [3.8, 4) is 23.0 Å². The lowest BCUT2D eigenvalue weighted by molar-refractivity contribution is -0.120. The van der Waals surface area contributed by atoms with E-state index in [1.54, 1.807) is 54.6 Å². The van der Waals surface area contributed by atoms with E-state index in [0.717, 1.165) is 0 Å². The SMILES string of the molecule is COc1ccc(C(=O)NCC(=O)N/N=C\c2cc(Br)ccc2OC(=O)c2ccc(OC)c(OC)c2)cc1. The normalized spacial score (nSPS) is 10.5. The van der Waals surface area contributed by atoms with Crippen molar-refractivity contribution in [3.05, 3.63) is 81.8 Å². The van der Waals surface area contributed by atoms with Crippen LogP contribution in [-0.2, 0) is 4.79 Å². The zero-order valence-corrected chi connectivity index (χ0v) is 21.8. The Morgan fingerprint density at radius 1 is 0.838 bits per heavy atom. The minimum absolute atomic E-state index is 0.216. The summed E-state index contributed by atoms with van der Waals surface area (Å²) in [5.74, 6) is 0.111. The van der Waals surface area contributed by atoms with Crippen molar-refractivity contribution in [2.45, 2.75) is 0 Å². The molecular weight excluding hydrogens is 546 g/mol. The molecule has 11 heteroatoms. The number of carbonyl (C=O) groups excluding carboxylic acids is 3. The number of amides is 2. The van der Waals surface area contributed by atoms with E-state index in [9.17, 15) is 14.4 Å². The Kier molecular flexibility index (Phi) is 9.61. The predicted octanol–water partition coefficient (Wildman–Crippen LogP) is 3.57. The Balaban J connectivity index is 1.61. The molecule has 2 N–H and O–H groups in total. The maximum Gasteiger partial charge on any atom is 0.343 e. The molecule has 0 radical (unpaired) electrons. The van der Waals surface area contributed by atoms with Crippen LogP contribution in [-0.4, -0.2) is 51.9 Å². The van der Waals surface area contributed by atoms with Crippen LogP contribution in [0.1, 0.15) is 26.3 Å². The molecule has 10 nitrogen and oxygen atoms in total. The topological polar surface area (TPSA) is 125 Å². The van der Waals surface area contributed by atoms with Gasteiger partial charge >= 0.3 is 5.97 Å². The first kappa shape index (κ1) is 27.2. The van der Waals surface area contributed by atoms with E-state index in [0.29, 0.717) is 32.8 Å². The van der Waals surface area contributed by atoms with Gasteiger partial charge in [0.05, 0.1) is 39.7 Å². The lowest BCUT2D eigenvalue weighted by Gasteiger charge is -2.11. The van der Waals surface area contributed by atoms with Crippen LogP contribution in [0.3, 0.4) is 0 Å². The number of carbonyl (C=O) groups is 3. The Morgan fingerprint density at radius 3 is 2.19 bits per heavy atom. The largest absolute Gasteiger partial charge is 0.497 e. The van der Waals surface area contributed by atoms with E-state index in [2.05, 4.69) is 31.8 Å². The monoisotopic (exact) mass is 569 g/mol. The van der Waals surface area contributed by atoms with Crippen LogP contribution in [0.5, 0.6) is 23.0 Å². The van der Waals surface area contributed by atoms with Crippen molar-refractivity contribution in [3.63, 3.8) is 0 Å². The molecule has 0 aliphatic rings. The predicted molar refractivity (Wildman–Crippen MR) is 140 cm³/mol. The number of nitrogens with one attached hydrogen (secondary N) is 2. The summed E-state index contributed by atoms with van der Waals surface area (Å²) in [7, 11) is 4.49. The molecule has 0 atom stereocenters. The van der Waals surface area contributed by atoms with Crippen LogP contribution in [0.4, 0.5) is 0 Å². The highest BCUT2D eigenvalue weighted by Crippen LogP contribution is 2.29. The van der Waals surface area contributed by atoms with Crippen molar-refractivity contribution < 1.29 is 33.3 Å². The fourth-order valence-electron chi connectivity index (χ4n) is 3.05. The average Bonchev–Trinajstić information content (AvgIpc) is 2.92. The molecule has 3 rings (SSSR count). The molecule has 0 aliphatic carbocycles. The maximum atomic E-state index is 12.7. The van der Waals surface area contributed by atoms with Gasteiger partial charge in [-0.2, -0.15) is 5.10 Å². The van der Waals surface area contributed by atoms with E-state index in [4.69, 9.17) is 18.9 Å². The second-order valence-corrected chi connectivity index (χ2v) is 8.26. The second kappa shape index (κ2) is 13.1. The molecule has 0 heterocycles. The Bertz CT molecular complexity index is 1310. The smallest absolute Gasteiger partial charge is 0.343 e. The first-order valence-electron chi connectivity index (χ1n) is 10.8. The third kappa shape index (κ3) is 7.55. The summed E-state index contributed by atoms with van der Waals surface area (Å²) in [6, 6.07) is 16.1. The average molecular weight is 570 g/mol. The molecule has 3 aromatic rings. The Hall–Kier alpha value is -4.38. The molecule has 3 aromatic carbocycles. The van der Waals surface area contributed by atoms with E-state index in [1.165, 1.54) is 33.6 Å². The minimum Gasteiger partial charge on any atom is -0.497 e. The van der Waals surface area contributed by atoms with E-state index in [1.807, 2.05) is 0 Å². The number of ether oxygens (including phenoxy) is 4. The summed E-state index contributed by atoms with van der Waals surface area (Å²) in [6.07, 6.45) is 1.32. The number of hydrazone groups is 1. The van der Waals surface area contributed by atoms with Gasteiger partial charge in [0.15, 0.2) is 11.5 Å². The number of nitrogens with zero attached hydrogens (tertiary/aromatic N) is 1. The van der Waals surface area contributed by atoms with Gasteiger partial charge in [-0.3, -0.25) is 9.59 Å². The molecule has 2 amide bonds. The van der Waals surface area contributed by atoms with Crippen LogP contribution in [0, 0.1) is 0 Å². The lowest BCUT2D eigenvalue weighted by atomic mass is 10.2. The van der Waals surface area contributed by atoms with Crippen molar-refractivity contribution in [2.24, 2.45) is 5.10 Å². The molecule has 0 aliphatic heterocycles. The van der Waals surface area contributed by atoms with Gasteiger partial charge in [0.25, 0.3) is 11.8 Å². The number of hydrogen-bond donors (Lipinski definition) is 2. The molecule has 0 unspecified atom stereocenters. The summed E-state index contributed by atoms with van der Waals surface area (Å²) in [4.78, 5) is 37.0. The number of rotatable bonds is 10. The maximum absolute atomic E-state index is 12.7. The Morgan fingerprint density at radius 2 is 1.51 bits per heavy atom. The van der Waals surface area contributed by atoms with E-state index in [-0.39, 0.29) is 17.9 Å². The number of benzene rings is 3. The van der Waals surface area contributed by atoms with Crippen molar-refractivity contribution in [1.82, 2.24) is 10.7 Å². The van der Waals surface area contributed by atoms with Gasteiger partial charge in [-0.25, -0.2) is 10.2 Å². The highest BCUT2D eigenvalue weighted by molar-refractivity contribution is 9.10. The van der Waals surface area contributed by atoms with Crippen LogP contribution in [0.25, 0.3) is 0 Å². The summed E-state index contributed by atoms with van der Waals surface area (Å²) in [6.45, 7) is -0.290. The highest BCUT2D eigenvalue weighted by atomic mass is 79.9. The number of halogens is 1. The number of esters is 1. The summed E-state index contributed by atoms with van der Waals surface area (Å²) in [5, 5.41) is 6.41. The van der Waals surface area contributed by atoms with Gasteiger partial charge < -0.3 is 24.3 Å². The van der Waals surface area contributed by atoms with Gasteiger partial charge in [0, 0.05) is 15.6 Å². The van der Waals surface area contributed by atoms with Gasteiger partial charge in [-0.15, -0.1) is 0 Å². The van der Waals surface area contributed by atoms with Crippen LogP contribution >= 0.6 is 15.9 Å². The van der Waals surface area contributed by atoms with Crippen LogP contribution in [0.2, 0.25) is 0 Å². The van der Waals surface area contributed by atoms with Crippen LogP contribution in [0.15, 0.2) is 70.2 Å². The van der Waals surface area contributed by atoms with E-state index >= 15 is 0 Å². The fourth-order valence-corrected chi connectivity index (χ4v) is 3.43. The lowest BCUT2D eigenvalue weighted by Crippen LogP contribution is -2.34. The standard InChI is InChI=1S/C26H24BrN3O7/c1-34-20-8-4-16(5-9-20)25(32)28-15-24(31)30-29-14-18-12-19(27)7-11-21(18)37-26(33)17-6-10-22(35-2)23(13-17)36-3/h4-14H,15H2,1-3H3,(H,28,32)(H,30,31)/b29-14-. The van der Waals surface area contributed by atoms with Gasteiger partial charge in [-0.1, -0.05) is 15.9 Å².